The molecule has 0 aromatic carbocycles. The third-order valence-electron chi connectivity index (χ3n) is 1.39. The summed E-state index contributed by atoms with van der Waals surface area (Å²) < 4.78 is 0. The highest BCUT2D eigenvalue weighted by Crippen LogP contribution is 2.16. The van der Waals surface area contributed by atoms with Gasteiger partial charge in [0.1, 0.15) is 23.1 Å². The van der Waals surface area contributed by atoms with Gasteiger partial charge >= 0.3 is 0 Å². The smallest absolute Gasteiger partial charge is 0.211 e. The number of hydrogen-bond donors (Lipinski definition) is 0. The molecule has 2 rings (SSSR count). The van der Waals surface area contributed by atoms with Crippen LogP contribution in [0.1, 0.15) is 20.3 Å². The van der Waals surface area contributed by atoms with Gasteiger partial charge in [-0.1, -0.05) is 41.8 Å². The first-order valence-corrected chi connectivity index (χ1v) is 5.02. The van der Waals surface area contributed by atoms with Crippen LogP contribution in [0.25, 0.3) is 21.5 Å². The van der Waals surface area contributed by atoms with Crippen LogP contribution in [0.3, 0.4) is 0 Å². The Morgan fingerprint density at radius 3 is 2.75 bits per heavy atom. The van der Waals surface area contributed by atoms with Gasteiger partial charge in [-0.25, -0.2) is 9.97 Å². The molecule has 0 radical (unpaired) electrons. The largest absolute Gasteiger partial charge is 0.224 e. The Bertz CT molecular complexity index is 514. The second-order valence-corrected chi connectivity index (χ2v) is 3.20. The molecule has 84 valence electrons. The third-order valence-corrected chi connectivity index (χ3v) is 1.69. The molecule has 0 amide bonds. The molecule has 2 aromatic rings. The summed E-state index contributed by atoms with van der Waals surface area (Å²) in [5, 5.41) is 7.90. The van der Waals surface area contributed by atoms with Crippen LogP contribution in [0.15, 0.2) is 17.7 Å². The highest BCUT2D eigenvalue weighted by Gasteiger charge is 2.07. The molecule has 0 unspecified atom stereocenters. The lowest BCUT2D eigenvalue weighted by molar-refractivity contribution is 0.737. The number of nitrogens with zero attached hydrogens (tertiary/aromatic N) is 7. The van der Waals surface area contributed by atoms with E-state index in [4.69, 9.17) is 17.1 Å². The number of fused-ring (bicyclic) bond motifs is 1. The predicted octanol–water partition coefficient (Wildman–Crippen LogP) is 2.97. The molecule has 0 spiro atoms. The van der Waals surface area contributed by atoms with Gasteiger partial charge in [-0.15, -0.1) is 5.53 Å². The standard InChI is InChI=1S/C5H2ClN7.C3H8/c6-4-3-1-13(12-11-7)10-5(3)9-2-8-4;1-3-2/h1-2H;3H2,1-2H3. The van der Waals surface area contributed by atoms with E-state index in [9.17, 15) is 0 Å². The minimum atomic E-state index is 0.282. The van der Waals surface area contributed by atoms with Gasteiger partial charge in [-0.3, -0.25) is 0 Å². The zero-order valence-corrected chi connectivity index (χ0v) is 9.63. The summed E-state index contributed by atoms with van der Waals surface area (Å²) in [4.78, 5) is 11.2. The maximum absolute atomic E-state index is 8.14. The summed E-state index contributed by atoms with van der Waals surface area (Å²) >= 11 is 5.73. The van der Waals surface area contributed by atoms with Crippen molar-refractivity contribution in [3.05, 3.63) is 28.1 Å². The van der Waals surface area contributed by atoms with E-state index in [1.165, 1.54) is 18.9 Å². The number of aromatic nitrogens is 4. The van der Waals surface area contributed by atoms with Crippen molar-refractivity contribution in [1.82, 2.24) is 19.9 Å². The van der Waals surface area contributed by atoms with Crippen molar-refractivity contribution in [2.45, 2.75) is 20.3 Å². The molecule has 0 atom stereocenters. The van der Waals surface area contributed by atoms with Crippen LogP contribution in [0.2, 0.25) is 5.15 Å². The lowest BCUT2D eigenvalue weighted by atomic mass is 10.4. The van der Waals surface area contributed by atoms with Crippen LogP contribution >= 0.6 is 11.6 Å². The van der Waals surface area contributed by atoms with Crippen LogP contribution < -0.4 is 0 Å². The SMILES string of the molecule is CCC.[N-]=[N+]=Nn1cc2c(Cl)ncnc2n1. The van der Waals surface area contributed by atoms with E-state index in [1.54, 1.807) is 0 Å². The first kappa shape index (κ1) is 12.2. The number of halogens is 1. The quantitative estimate of drug-likeness (QED) is 0.331. The summed E-state index contributed by atoms with van der Waals surface area (Å²) in [6.07, 6.45) is 4.00. The molecule has 0 N–H and O–H groups in total. The first-order valence-electron chi connectivity index (χ1n) is 4.64. The van der Waals surface area contributed by atoms with Gasteiger partial charge < -0.3 is 0 Å². The Morgan fingerprint density at radius 1 is 1.50 bits per heavy atom. The summed E-state index contributed by atoms with van der Waals surface area (Å²) in [5.74, 6) is 0. The van der Waals surface area contributed by atoms with E-state index in [1.807, 2.05) is 0 Å². The fourth-order valence-corrected chi connectivity index (χ4v) is 1.06. The molecule has 0 fully saturated rings. The molecule has 0 aliphatic heterocycles. The van der Waals surface area contributed by atoms with E-state index in [2.05, 4.69) is 39.0 Å². The maximum Gasteiger partial charge on any atom is 0.211 e. The van der Waals surface area contributed by atoms with E-state index in [0.29, 0.717) is 11.0 Å². The molecule has 2 heterocycles. The van der Waals surface area contributed by atoms with Gasteiger partial charge in [0.05, 0.1) is 0 Å². The lowest BCUT2D eigenvalue weighted by Crippen LogP contribution is -1.85. The molecule has 0 aliphatic carbocycles. The van der Waals surface area contributed by atoms with Crippen molar-refractivity contribution in [2.24, 2.45) is 5.22 Å². The highest BCUT2D eigenvalue weighted by molar-refractivity contribution is 6.33. The molecule has 7 nitrogen and oxygen atoms in total. The molecule has 0 aliphatic rings. The average Bonchev–Trinajstić information content (AvgIpc) is 2.64. The maximum atomic E-state index is 8.14. The minimum absolute atomic E-state index is 0.282. The Kier molecular flexibility index (Phi) is 4.50. The third kappa shape index (κ3) is 2.82. The van der Waals surface area contributed by atoms with E-state index in [-0.39, 0.29) is 5.15 Å². The fourth-order valence-electron chi connectivity index (χ4n) is 0.884. The van der Waals surface area contributed by atoms with Crippen LogP contribution in [0.4, 0.5) is 0 Å². The molecular weight excluding hydrogens is 230 g/mol. The molecule has 8 heteroatoms. The normalized spacial score (nSPS) is 9.19. The average molecular weight is 240 g/mol. The van der Waals surface area contributed by atoms with Crippen molar-refractivity contribution >= 4 is 22.6 Å². The van der Waals surface area contributed by atoms with Crippen LogP contribution in [-0.4, -0.2) is 19.9 Å². The summed E-state index contributed by atoms with van der Waals surface area (Å²) in [7, 11) is 0. The minimum Gasteiger partial charge on any atom is -0.224 e. The second-order valence-electron chi connectivity index (χ2n) is 2.84. The number of rotatable bonds is 1. The van der Waals surface area contributed by atoms with Crippen LogP contribution in [0.5, 0.6) is 0 Å². The van der Waals surface area contributed by atoms with E-state index in [0.717, 1.165) is 4.79 Å². The Morgan fingerprint density at radius 2 is 2.19 bits per heavy atom. The molecule has 0 bridgehead atoms. The monoisotopic (exact) mass is 239 g/mol. The van der Waals surface area contributed by atoms with E-state index < -0.39 is 0 Å². The summed E-state index contributed by atoms with van der Waals surface area (Å²) in [6.45, 7) is 4.25. The van der Waals surface area contributed by atoms with Crippen LogP contribution in [0, 0.1) is 0 Å². The van der Waals surface area contributed by atoms with Crippen molar-refractivity contribution < 1.29 is 0 Å². The molecule has 2 aromatic heterocycles. The zero-order chi connectivity index (χ0) is 12.0. The molecule has 16 heavy (non-hydrogen) atoms. The lowest BCUT2D eigenvalue weighted by Gasteiger charge is -1.84. The predicted molar refractivity (Wildman–Crippen MR) is 60.8 cm³/mol. The van der Waals surface area contributed by atoms with Crippen LogP contribution in [-0.2, 0) is 0 Å². The molecule has 0 saturated heterocycles. The van der Waals surface area contributed by atoms with Gasteiger partial charge in [-0.2, -0.15) is 4.91 Å². The second kappa shape index (κ2) is 5.89. The Balaban J connectivity index is 0.000000386. The van der Waals surface area contributed by atoms with Gasteiger partial charge in [0.2, 0.25) is 5.65 Å². The van der Waals surface area contributed by atoms with Crippen molar-refractivity contribution in [2.75, 3.05) is 0 Å². The highest BCUT2D eigenvalue weighted by atomic mass is 35.5. The van der Waals surface area contributed by atoms with Crippen molar-refractivity contribution in [1.29, 1.82) is 0 Å². The summed E-state index contributed by atoms with van der Waals surface area (Å²) in [6, 6.07) is 0. The van der Waals surface area contributed by atoms with Crippen molar-refractivity contribution in [3.63, 3.8) is 0 Å². The summed E-state index contributed by atoms with van der Waals surface area (Å²) in [5.41, 5.74) is 8.54. The van der Waals surface area contributed by atoms with Crippen molar-refractivity contribution in [3.8, 4) is 0 Å². The van der Waals surface area contributed by atoms with Gasteiger partial charge in [-0.05, 0) is 0 Å². The Labute approximate surface area is 96.7 Å². The van der Waals surface area contributed by atoms with Gasteiger partial charge in [0.25, 0.3) is 0 Å². The zero-order valence-electron chi connectivity index (χ0n) is 8.87. The van der Waals surface area contributed by atoms with E-state index >= 15 is 0 Å². The number of azide groups is 1. The van der Waals surface area contributed by atoms with Gasteiger partial charge in [0, 0.05) is 5.22 Å². The Hall–Kier alpha value is -1.85. The topological polar surface area (TPSA) is 92.4 Å². The number of hydrogen-bond acceptors (Lipinski definition) is 4. The van der Waals surface area contributed by atoms with Gasteiger partial charge in [0.15, 0.2) is 0 Å². The molecule has 0 saturated carbocycles. The first-order chi connectivity index (χ1) is 7.72. The fraction of sp³-hybridized carbons (Fsp3) is 0.375. The molecular formula is C8H10ClN7.